The molecule has 0 saturated heterocycles. The Morgan fingerprint density at radius 2 is 2.06 bits per heavy atom. The number of benzene rings is 1. The number of amidine groups is 1. The van der Waals surface area contributed by atoms with Gasteiger partial charge in [-0.05, 0) is 55.3 Å². The number of carbonyl (C=O) groups is 1. The lowest BCUT2D eigenvalue weighted by Crippen LogP contribution is -2.34. The number of anilines is 1. The van der Waals surface area contributed by atoms with Crippen molar-refractivity contribution in [1.29, 1.82) is 0 Å². The average Bonchev–Trinajstić information content (AvgIpc) is 2.75. The van der Waals surface area contributed by atoms with Gasteiger partial charge in [0.15, 0.2) is 0 Å². The summed E-state index contributed by atoms with van der Waals surface area (Å²) in [5.74, 6) is 2.07. The quantitative estimate of drug-likeness (QED) is 0.449. The molecule has 1 aliphatic rings. The van der Waals surface area contributed by atoms with E-state index >= 15 is 0 Å². The van der Waals surface area contributed by atoms with Gasteiger partial charge in [0.05, 0.1) is 11.2 Å². The molecule has 1 aromatic carbocycles. The van der Waals surface area contributed by atoms with Gasteiger partial charge < -0.3 is 16.8 Å². The Bertz CT molecular complexity index is 1260. The topological polar surface area (TPSA) is 119 Å². The van der Waals surface area contributed by atoms with Crippen LogP contribution in [0.3, 0.4) is 0 Å². The number of hydrogen-bond acceptors (Lipinski definition) is 6. The molecule has 1 amide bonds. The molecule has 7 nitrogen and oxygen atoms in total. The molecule has 0 spiro atoms. The fourth-order valence-electron chi connectivity index (χ4n) is 3.56. The first-order valence-corrected chi connectivity index (χ1v) is 9.48. The molecule has 0 bridgehead atoms. The molecule has 4 rings (SSSR count). The van der Waals surface area contributed by atoms with E-state index in [0.29, 0.717) is 29.1 Å². The van der Waals surface area contributed by atoms with Crippen LogP contribution in [0.1, 0.15) is 39.8 Å². The van der Waals surface area contributed by atoms with Gasteiger partial charge in [-0.1, -0.05) is 0 Å². The predicted octanol–water partition coefficient (Wildman–Crippen LogP) is 2.31. The molecular weight excluding hydrogens is 395 g/mol. The summed E-state index contributed by atoms with van der Waals surface area (Å²) >= 11 is 0. The summed E-state index contributed by atoms with van der Waals surface area (Å²) in [6.45, 7) is 1.79. The maximum absolute atomic E-state index is 14.8. The molecule has 8 heteroatoms. The second-order valence-corrected chi connectivity index (χ2v) is 7.30. The van der Waals surface area contributed by atoms with Crippen LogP contribution < -0.4 is 16.8 Å². The van der Waals surface area contributed by atoms with Gasteiger partial charge in [0.1, 0.15) is 17.3 Å². The van der Waals surface area contributed by atoms with Crippen LogP contribution in [0.2, 0.25) is 0 Å². The van der Waals surface area contributed by atoms with Crippen molar-refractivity contribution in [2.24, 2.45) is 16.5 Å². The van der Waals surface area contributed by atoms with Gasteiger partial charge in [-0.15, -0.1) is 0 Å². The van der Waals surface area contributed by atoms with E-state index in [1.54, 1.807) is 31.3 Å². The third-order valence-electron chi connectivity index (χ3n) is 5.06. The van der Waals surface area contributed by atoms with Gasteiger partial charge in [-0.2, -0.15) is 0 Å². The van der Waals surface area contributed by atoms with Crippen LogP contribution in [0.25, 0.3) is 0 Å². The summed E-state index contributed by atoms with van der Waals surface area (Å²) in [6, 6.07) is 13.4. The number of rotatable bonds is 3. The van der Waals surface area contributed by atoms with E-state index in [0.717, 1.165) is 11.3 Å². The van der Waals surface area contributed by atoms with E-state index in [9.17, 15) is 9.18 Å². The van der Waals surface area contributed by atoms with Gasteiger partial charge >= 0.3 is 0 Å². The normalized spacial score (nSPS) is 17.0. The van der Waals surface area contributed by atoms with Crippen LogP contribution in [0, 0.1) is 17.8 Å². The van der Waals surface area contributed by atoms with Crippen LogP contribution in [-0.2, 0) is 12.0 Å². The molecule has 1 unspecified atom stereocenters. The minimum Gasteiger partial charge on any atom is -0.383 e. The maximum Gasteiger partial charge on any atom is 0.274 e. The SMILES string of the molecule is CC1(c2cc(NC(=O)c3ccc(C#CN)cn3)ccc2F)Cc2ncccc2C(N)=N1. The maximum atomic E-state index is 14.8. The van der Waals surface area contributed by atoms with E-state index in [1.807, 2.05) is 6.07 Å². The largest absolute Gasteiger partial charge is 0.383 e. The van der Waals surface area contributed by atoms with Crippen LogP contribution in [-0.4, -0.2) is 21.7 Å². The van der Waals surface area contributed by atoms with E-state index in [2.05, 4.69) is 32.2 Å². The van der Waals surface area contributed by atoms with Gasteiger partial charge in [-0.3, -0.25) is 14.8 Å². The van der Waals surface area contributed by atoms with E-state index in [-0.39, 0.29) is 5.69 Å². The Morgan fingerprint density at radius 3 is 2.81 bits per heavy atom. The number of nitrogens with two attached hydrogens (primary N) is 2. The van der Waals surface area contributed by atoms with Crippen molar-refractivity contribution in [1.82, 2.24) is 9.97 Å². The first-order chi connectivity index (χ1) is 14.9. The lowest BCUT2D eigenvalue weighted by molar-refractivity contribution is 0.102. The molecule has 2 aromatic heterocycles. The lowest BCUT2D eigenvalue weighted by Gasteiger charge is -2.31. The molecule has 0 radical (unpaired) electrons. The first-order valence-electron chi connectivity index (χ1n) is 9.48. The van der Waals surface area contributed by atoms with Crippen molar-refractivity contribution in [3.8, 4) is 12.0 Å². The van der Waals surface area contributed by atoms with Crippen molar-refractivity contribution in [3.63, 3.8) is 0 Å². The summed E-state index contributed by atoms with van der Waals surface area (Å²) in [6.07, 6.45) is 3.50. The molecular formula is C23H19FN6O. The van der Waals surface area contributed by atoms with E-state index < -0.39 is 17.3 Å². The van der Waals surface area contributed by atoms with Crippen molar-refractivity contribution >= 4 is 17.4 Å². The Kier molecular flexibility index (Phi) is 5.09. The number of pyridine rings is 2. The van der Waals surface area contributed by atoms with Crippen molar-refractivity contribution in [2.75, 3.05) is 5.32 Å². The van der Waals surface area contributed by atoms with Crippen molar-refractivity contribution in [2.45, 2.75) is 18.9 Å². The highest BCUT2D eigenvalue weighted by atomic mass is 19.1. The number of aliphatic imine (C=N–C) groups is 1. The summed E-state index contributed by atoms with van der Waals surface area (Å²) in [7, 11) is 0. The highest BCUT2D eigenvalue weighted by Crippen LogP contribution is 2.36. The van der Waals surface area contributed by atoms with Gasteiger partial charge in [0.25, 0.3) is 5.91 Å². The summed E-state index contributed by atoms with van der Waals surface area (Å²) < 4.78 is 14.8. The highest BCUT2D eigenvalue weighted by molar-refractivity contribution is 6.03. The zero-order valence-electron chi connectivity index (χ0n) is 16.7. The minimum absolute atomic E-state index is 0.192. The monoisotopic (exact) mass is 414 g/mol. The number of fused-ring (bicyclic) bond motifs is 1. The molecule has 3 aromatic rings. The number of carbonyl (C=O) groups excluding carboxylic acids is 1. The van der Waals surface area contributed by atoms with Crippen molar-refractivity contribution < 1.29 is 9.18 Å². The van der Waals surface area contributed by atoms with Crippen LogP contribution >= 0.6 is 0 Å². The molecule has 31 heavy (non-hydrogen) atoms. The molecule has 3 heterocycles. The smallest absolute Gasteiger partial charge is 0.274 e. The third-order valence-corrected chi connectivity index (χ3v) is 5.06. The Labute approximate surface area is 178 Å². The minimum atomic E-state index is -0.961. The number of halogens is 1. The fourth-order valence-corrected chi connectivity index (χ4v) is 3.56. The summed E-state index contributed by atoms with van der Waals surface area (Å²) in [5.41, 5.74) is 13.3. The van der Waals surface area contributed by atoms with Gasteiger partial charge in [0, 0.05) is 47.2 Å². The van der Waals surface area contributed by atoms with Gasteiger partial charge in [-0.25, -0.2) is 9.37 Å². The zero-order valence-corrected chi connectivity index (χ0v) is 16.7. The molecule has 0 saturated carbocycles. The fraction of sp³-hybridized carbons (Fsp3) is 0.130. The number of hydrogen-bond donors (Lipinski definition) is 3. The lowest BCUT2D eigenvalue weighted by atomic mass is 9.83. The molecule has 0 aliphatic carbocycles. The van der Waals surface area contributed by atoms with Gasteiger partial charge in [0.2, 0.25) is 0 Å². The second-order valence-electron chi connectivity index (χ2n) is 7.30. The predicted molar refractivity (Wildman–Crippen MR) is 116 cm³/mol. The average molecular weight is 414 g/mol. The van der Waals surface area contributed by atoms with E-state index in [4.69, 9.17) is 11.5 Å². The van der Waals surface area contributed by atoms with Crippen LogP contribution in [0.15, 0.2) is 59.9 Å². The Hall–Kier alpha value is -4.25. The van der Waals surface area contributed by atoms with Crippen LogP contribution in [0.5, 0.6) is 0 Å². The number of amides is 1. The zero-order chi connectivity index (χ0) is 22.0. The van der Waals surface area contributed by atoms with E-state index in [1.165, 1.54) is 24.4 Å². The van der Waals surface area contributed by atoms with Crippen molar-refractivity contribution in [3.05, 3.63) is 88.8 Å². The number of nitrogens with one attached hydrogen (secondary N) is 1. The first kappa shape index (κ1) is 20.0. The molecule has 1 aliphatic heterocycles. The van der Waals surface area contributed by atoms with Crippen LogP contribution in [0.4, 0.5) is 10.1 Å². The second kappa shape index (κ2) is 7.88. The molecule has 5 N–H and O–H groups in total. The molecule has 0 fully saturated rings. The summed E-state index contributed by atoms with van der Waals surface area (Å²) in [4.78, 5) is 25.6. The highest BCUT2D eigenvalue weighted by Gasteiger charge is 2.35. The number of aromatic nitrogens is 2. The molecule has 1 atom stereocenters. The Balaban J connectivity index is 1.62. The summed E-state index contributed by atoms with van der Waals surface area (Å²) in [5, 5.41) is 2.74. The third kappa shape index (κ3) is 3.94. The number of nitrogens with zero attached hydrogens (tertiary/aromatic N) is 3. The molecule has 154 valence electrons. The Morgan fingerprint density at radius 1 is 1.23 bits per heavy atom. The standard InChI is InChI=1S/C23H19FN6O/c1-23(12-20-16(21(26)30-23)3-2-10-27-20)17-11-15(5-6-18(17)24)29-22(31)19-7-4-14(8-9-25)13-28-19/h2-7,10-11,13H,12,25H2,1H3,(H2,26,30)(H,29,31).